The molecule has 3 rings (SSSR count). The van der Waals surface area contributed by atoms with Crippen molar-refractivity contribution in [1.82, 2.24) is 5.32 Å². The van der Waals surface area contributed by atoms with E-state index in [0.29, 0.717) is 30.2 Å². The lowest BCUT2D eigenvalue weighted by atomic mass is 10.1. The fraction of sp³-hybridized carbons (Fsp3) is 0.235. The van der Waals surface area contributed by atoms with Crippen LogP contribution in [0.5, 0.6) is 23.0 Å². The lowest BCUT2D eigenvalue weighted by Crippen LogP contribution is -2.30. The van der Waals surface area contributed by atoms with E-state index in [1.807, 2.05) is 12.1 Å². The molecular weight excluding hydrogens is 298 g/mol. The molecule has 0 saturated carbocycles. The van der Waals surface area contributed by atoms with Crippen LogP contribution in [0.4, 0.5) is 0 Å². The molecule has 1 heterocycles. The van der Waals surface area contributed by atoms with Crippen molar-refractivity contribution in [1.29, 1.82) is 0 Å². The van der Waals surface area contributed by atoms with E-state index in [-0.39, 0.29) is 25.1 Å². The number of benzene rings is 2. The van der Waals surface area contributed by atoms with Gasteiger partial charge in [-0.2, -0.15) is 0 Å². The number of hydrogen-bond acceptors (Lipinski definition) is 5. The highest BCUT2D eigenvalue weighted by Gasteiger charge is 2.14. The quantitative estimate of drug-likeness (QED) is 0.851. The minimum Gasteiger partial charge on any atom is -0.508 e. The number of aromatic hydroxyl groups is 1. The van der Waals surface area contributed by atoms with E-state index in [2.05, 4.69) is 5.32 Å². The summed E-state index contributed by atoms with van der Waals surface area (Å²) in [6.45, 7) is 0.653. The Kier molecular flexibility index (Phi) is 4.52. The zero-order chi connectivity index (χ0) is 16.1. The molecule has 1 aliphatic heterocycles. The molecule has 0 unspecified atom stereocenters. The van der Waals surface area contributed by atoms with Crippen molar-refractivity contribution >= 4 is 5.91 Å². The van der Waals surface area contributed by atoms with Crippen molar-refractivity contribution in [2.75, 3.05) is 19.9 Å². The molecule has 6 heteroatoms. The molecule has 0 aliphatic carbocycles. The summed E-state index contributed by atoms with van der Waals surface area (Å²) in [5.74, 6) is 1.89. The van der Waals surface area contributed by atoms with Gasteiger partial charge in [-0.25, -0.2) is 0 Å². The molecule has 0 radical (unpaired) electrons. The zero-order valence-electron chi connectivity index (χ0n) is 12.5. The Hall–Kier alpha value is -2.89. The van der Waals surface area contributed by atoms with Gasteiger partial charge in [0.1, 0.15) is 11.5 Å². The largest absolute Gasteiger partial charge is 0.508 e. The third kappa shape index (κ3) is 4.06. The second-order valence-corrected chi connectivity index (χ2v) is 5.07. The predicted molar refractivity (Wildman–Crippen MR) is 82.9 cm³/mol. The van der Waals surface area contributed by atoms with Gasteiger partial charge in [0, 0.05) is 12.6 Å². The summed E-state index contributed by atoms with van der Waals surface area (Å²) in [5, 5.41) is 12.0. The Bertz CT molecular complexity index is 684. The molecule has 6 nitrogen and oxygen atoms in total. The Morgan fingerprint density at radius 2 is 1.91 bits per heavy atom. The first-order chi connectivity index (χ1) is 11.2. The summed E-state index contributed by atoms with van der Waals surface area (Å²) in [6.07, 6.45) is 0.691. The second-order valence-electron chi connectivity index (χ2n) is 5.07. The van der Waals surface area contributed by atoms with Crippen LogP contribution in [0.3, 0.4) is 0 Å². The minimum absolute atomic E-state index is 0.0603. The average Bonchev–Trinajstić information content (AvgIpc) is 3.02. The number of amides is 1. The van der Waals surface area contributed by atoms with Crippen LogP contribution in [0.1, 0.15) is 5.56 Å². The fourth-order valence-electron chi connectivity index (χ4n) is 2.18. The van der Waals surface area contributed by atoms with Crippen LogP contribution in [-0.2, 0) is 11.2 Å². The van der Waals surface area contributed by atoms with Gasteiger partial charge in [0.25, 0.3) is 5.91 Å². The molecular formula is C17H17NO5. The first kappa shape index (κ1) is 15.0. The number of ether oxygens (including phenoxy) is 3. The van der Waals surface area contributed by atoms with Gasteiger partial charge in [0.2, 0.25) is 6.79 Å². The summed E-state index contributed by atoms with van der Waals surface area (Å²) in [6, 6.07) is 12.1. The molecule has 2 aromatic rings. The van der Waals surface area contributed by atoms with Crippen molar-refractivity contribution in [3.05, 3.63) is 48.0 Å². The number of phenols is 1. The SMILES string of the molecule is O=C(COc1ccc2c(c1)OCO2)NCCc1ccc(O)cc1. The van der Waals surface area contributed by atoms with Crippen molar-refractivity contribution < 1.29 is 24.1 Å². The number of carbonyl (C=O) groups is 1. The fourth-order valence-corrected chi connectivity index (χ4v) is 2.18. The van der Waals surface area contributed by atoms with Crippen LogP contribution in [0.15, 0.2) is 42.5 Å². The molecule has 0 aromatic heterocycles. The Labute approximate surface area is 133 Å². The maximum absolute atomic E-state index is 11.8. The van der Waals surface area contributed by atoms with Gasteiger partial charge < -0.3 is 24.6 Å². The topological polar surface area (TPSA) is 77.0 Å². The van der Waals surface area contributed by atoms with Crippen LogP contribution >= 0.6 is 0 Å². The highest BCUT2D eigenvalue weighted by molar-refractivity contribution is 5.77. The van der Waals surface area contributed by atoms with Gasteiger partial charge >= 0.3 is 0 Å². The monoisotopic (exact) mass is 315 g/mol. The highest BCUT2D eigenvalue weighted by Crippen LogP contribution is 2.34. The van der Waals surface area contributed by atoms with E-state index < -0.39 is 0 Å². The van der Waals surface area contributed by atoms with E-state index in [0.717, 1.165) is 5.56 Å². The van der Waals surface area contributed by atoms with Gasteiger partial charge in [0.15, 0.2) is 18.1 Å². The predicted octanol–water partition coefficient (Wildman–Crippen LogP) is 1.86. The van der Waals surface area contributed by atoms with Gasteiger partial charge in [-0.1, -0.05) is 12.1 Å². The molecule has 0 spiro atoms. The van der Waals surface area contributed by atoms with Crippen molar-refractivity contribution in [2.24, 2.45) is 0 Å². The molecule has 23 heavy (non-hydrogen) atoms. The molecule has 0 bridgehead atoms. The normalized spacial score (nSPS) is 12.0. The third-order valence-electron chi connectivity index (χ3n) is 3.39. The van der Waals surface area contributed by atoms with E-state index >= 15 is 0 Å². The zero-order valence-corrected chi connectivity index (χ0v) is 12.5. The van der Waals surface area contributed by atoms with Crippen LogP contribution < -0.4 is 19.5 Å². The number of nitrogens with one attached hydrogen (secondary N) is 1. The Morgan fingerprint density at radius 3 is 2.74 bits per heavy atom. The third-order valence-corrected chi connectivity index (χ3v) is 3.39. The van der Waals surface area contributed by atoms with E-state index in [4.69, 9.17) is 14.2 Å². The van der Waals surface area contributed by atoms with E-state index in [9.17, 15) is 9.90 Å². The second kappa shape index (κ2) is 6.91. The lowest BCUT2D eigenvalue weighted by Gasteiger charge is -2.08. The van der Waals surface area contributed by atoms with Crippen molar-refractivity contribution in [2.45, 2.75) is 6.42 Å². The standard InChI is InChI=1S/C17H17NO5/c19-13-3-1-12(2-4-13)7-8-18-17(20)10-21-14-5-6-15-16(9-14)23-11-22-15/h1-6,9,19H,7-8,10-11H2,(H,18,20). The molecule has 0 fully saturated rings. The summed E-state index contributed by atoms with van der Waals surface area (Å²) >= 11 is 0. The molecule has 0 saturated heterocycles. The molecule has 2 N–H and O–H groups in total. The summed E-state index contributed by atoms with van der Waals surface area (Å²) in [5.41, 5.74) is 1.04. The lowest BCUT2D eigenvalue weighted by molar-refractivity contribution is -0.123. The van der Waals surface area contributed by atoms with Crippen LogP contribution in [0.2, 0.25) is 0 Å². The first-order valence-electron chi connectivity index (χ1n) is 7.28. The number of phenolic OH excluding ortho intramolecular Hbond substituents is 1. The maximum Gasteiger partial charge on any atom is 0.257 e. The smallest absolute Gasteiger partial charge is 0.257 e. The van der Waals surface area contributed by atoms with Crippen LogP contribution in [0, 0.1) is 0 Å². The highest BCUT2D eigenvalue weighted by atomic mass is 16.7. The number of fused-ring (bicyclic) bond motifs is 1. The minimum atomic E-state index is -0.193. The Balaban J connectivity index is 1.40. The van der Waals surface area contributed by atoms with E-state index in [1.165, 1.54) is 0 Å². The summed E-state index contributed by atoms with van der Waals surface area (Å²) in [4.78, 5) is 11.8. The van der Waals surface area contributed by atoms with Crippen LogP contribution in [-0.4, -0.2) is 31.0 Å². The molecule has 0 atom stereocenters. The van der Waals surface area contributed by atoms with E-state index in [1.54, 1.807) is 30.3 Å². The first-order valence-corrected chi connectivity index (χ1v) is 7.28. The van der Waals surface area contributed by atoms with Gasteiger partial charge in [-0.3, -0.25) is 4.79 Å². The maximum atomic E-state index is 11.8. The van der Waals surface area contributed by atoms with Crippen LogP contribution in [0.25, 0.3) is 0 Å². The Morgan fingerprint density at radius 1 is 1.13 bits per heavy atom. The summed E-state index contributed by atoms with van der Waals surface area (Å²) in [7, 11) is 0. The average molecular weight is 315 g/mol. The molecule has 1 aliphatic rings. The summed E-state index contributed by atoms with van der Waals surface area (Å²) < 4.78 is 15.9. The molecule has 120 valence electrons. The van der Waals surface area contributed by atoms with Gasteiger partial charge in [-0.05, 0) is 36.2 Å². The number of rotatable bonds is 6. The molecule has 1 amide bonds. The van der Waals surface area contributed by atoms with Crippen molar-refractivity contribution in [3.63, 3.8) is 0 Å². The molecule has 2 aromatic carbocycles. The van der Waals surface area contributed by atoms with Gasteiger partial charge in [-0.15, -0.1) is 0 Å². The van der Waals surface area contributed by atoms with Gasteiger partial charge in [0.05, 0.1) is 0 Å². The van der Waals surface area contributed by atoms with Crippen molar-refractivity contribution in [3.8, 4) is 23.0 Å². The number of hydrogen-bond donors (Lipinski definition) is 2. The number of carbonyl (C=O) groups excluding carboxylic acids is 1.